The second kappa shape index (κ2) is 13.5. The first-order valence-corrected chi connectivity index (χ1v) is 12.4. The van der Waals surface area contributed by atoms with Crippen LogP contribution in [0, 0.1) is 12.3 Å². The molecule has 40 heavy (non-hydrogen) atoms. The van der Waals surface area contributed by atoms with Crippen molar-refractivity contribution in [1.29, 1.82) is 5.41 Å². The molecule has 3 aromatic rings. The smallest absolute Gasteiger partial charge is 0.343 e. The van der Waals surface area contributed by atoms with Gasteiger partial charge in [-0.05, 0) is 92.6 Å². The summed E-state index contributed by atoms with van der Waals surface area (Å²) in [6.07, 6.45) is 2.85. The summed E-state index contributed by atoms with van der Waals surface area (Å²) in [5.74, 6) is -2.15. The van der Waals surface area contributed by atoms with E-state index < -0.39 is 23.8 Å². The number of carbonyl (C=O) groups is 4. The van der Waals surface area contributed by atoms with Crippen molar-refractivity contribution in [3.8, 4) is 5.75 Å². The molecule has 0 aliphatic heterocycles. The monoisotopic (exact) mass is 543 g/mol. The molecule has 10 nitrogen and oxygen atoms in total. The molecular weight excluding hydrogens is 514 g/mol. The van der Waals surface area contributed by atoms with Crippen LogP contribution in [0.2, 0.25) is 0 Å². The van der Waals surface area contributed by atoms with Crippen LogP contribution in [0.15, 0.2) is 66.7 Å². The van der Waals surface area contributed by atoms with E-state index in [9.17, 15) is 19.2 Å². The van der Waals surface area contributed by atoms with Crippen LogP contribution in [0.4, 0.5) is 5.69 Å². The number of aryl methyl sites for hydroxylation is 1. The van der Waals surface area contributed by atoms with E-state index in [1.807, 2.05) is 0 Å². The Morgan fingerprint density at radius 2 is 1.43 bits per heavy atom. The van der Waals surface area contributed by atoms with Crippen molar-refractivity contribution in [2.24, 2.45) is 5.73 Å². The zero-order chi connectivity index (χ0) is 29.2. The second-order valence-electron chi connectivity index (χ2n) is 8.42. The van der Waals surface area contributed by atoms with E-state index in [-0.39, 0.29) is 35.9 Å². The third-order valence-electron chi connectivity index (χ3n) is 5.58. The van der Waals surface area contributed by atoms with Gasteiger partial charge in [-0.2, -0.15) is 0 Å². The molecule has 0 fully saturated rings. The van der Waals surface area contributed by atoms with Gasteiger partial charge >= 0.3 is 17.9 Å². The fourth-order valence-electron chi connectivity index (χ4n) is 3.57. The molecule has 4 N–H and O–H groups in total. The number of rotatable bonds is 10. The summed E-state index contributed by atoms with van der Waals surface area (Å²) in [7, 11) is 0. The zero-order valence-corrected chi connectivity index (χ0v) is 22.3. The highest BCUT2D eigenvalue weighted by Crippen LogP contribution is 2.21. The van der Waals surface area contributed by atoms with Crippen molar-refractivity contribution in [2.75, 3.05) is 18.5 Å². The minimum atomic E-state index is -0.693. The SMILES string of the molecule is CCOC(=O)c1ccc(NC(=O)/C=C/c2ccc(C(=O)Oc3ccc(C(=N)N)cc3)cc2C)c(C(=O)OCC)c1. The number of amides is 1. The number of hydrogen-bond donors (Lipinski definition) is 3. The summed E-state index contributed by atoms with van der Waals surface area (Å²) in [6.45, 7) is 5.39. The molecule has 3 rings (SSSR count). The number of hydrogen-bond acceptors (Lipinski definition) is 8. The van der Waals surface area contributed by atoms with Crippen LogP contribution in [-0.2, 0) is 14.3 Å². The summed E-state index contributed by atoms with van der Waals surface area (Å²) >= 11 is 0. The van der Waals surface area contributed by atoms with Crippen molar-refractivity contribution in [2.45, 2.75) is 20.8 Å². The van der Waals surface area contributed by atoms with Crippen LogP contribution in [0.3, 0.4) is 0 Å². The van der Waals surface area contributed by atoms with Crippen molar-refractivity contribution in [1.82, 2.24) is 0 Å². The first-order chi connectivity index (χ1) is 19.1. The van der Waals surface area contributed by atoms with Crippen LogP contribution < -0.4 is 15.8 Å². The quantitative estimate of drug-likeness (QED) is 0.111. The van der Waals surface area contributed by atoms with Gasteiger partial charge in [-0.15, -0.1) is 0 Å². The number of nitrogens with two attached hydrogens (primary N) is 1. The standard InChI is InChI=1S/C30H29N3O7/c1-4-38-28(35)22-10-14-25(24(17-22)30(37)39-5-2)33-26(34)15-11-19-6-7-21(16-18(19)3)29(36)40-23-12-8-20(9-13-23)27(31)32/h6-17H,4-5H2,1-3H3,(H3,31,32)(H,33,34)/b15-11+. The van der Waals surface area contributed by atoms with Gasteiger partial charge in [0.25, 0.3) is 0 Å². The highest BCUT2D eigenvalue weighted by atomic mass is 16.5. The van der Waals surface area contributed by atoms with E-state index in [2.05, 4.69) is 5.32 Å². The molecule has 0 saturated carbocycles. The summed E-state index contributed by atoms with van der Waals surface area (Å²) in [5.41, 5.74) is 8.01. The molecule has 0 aliphatic carbocycles. The fourth-order valence-corrected chi connectivity index (χ4v) is 3.57. The molecule has 0 saturated heterocycles. The summed E-state index contributed by atoms with van der Waals surface area (Å²) in [6, 6.07) is 15.3. The Morgan fingerprint density at radius 3 is 2.05 bits per heavy atom. The Hall–Kier alpha value is -5.25. The Morgan fingerprint density at radius 1 is 0.825 bits per heavy atom. The van der Waals surface area contributed by atoms with Gasteiger partial charge in [0.1, 0.15) is 11.6 Å². The van der Waals surface area contributed by atoms with E-state index in [1.165, 1.54) is 24.3 Å². The molecular formula is C30H29N3O7. The van der Waals surface area contributed by atoms with Crippen molar-refractivity contribution >= 4 is 41.4 Å². The number of amidine groups is 1. The number of nitrogens with one attached hydrogen (secondary N) is 2. The minimum absolute atomic E-state index is 0.0177. The maximum Gasteiger partial charge on any atom is 0.343 e. The number of anilines is 1. The predicted octanol–water partition coefficient (Wildman–Crippen LogP) is 4.50. The molecule has 0 bridgehead atoms. The summed E-state index contributed by atoms with van der Waals surface area (Å²) in [4.78, 5) is 49.8. The van der Waals surface area contributed by atoms with Crippen LogP contribution >= 0.6 is 0 Å². The van der Waals surface area contributed by atoms with Gasteiger partial charge in [0.15, 0.2) is 0 Å². The van der Waals surface area contributed by atoms with Gasteiger partial charge in [0, 0.05) is 11.6 Å². The highest BCUT2D eigenvalue weighted by molar-refractivity contribution is 6.07. The predicted molar refractivity (Wildman–Crippen MR) is 150 cm³/mol. The van der Waals surface area contributed by atoms with E-state index in [0.717, 1.165) is 5.56 Å². The summed E-state index contributed by atoms with van der Waals surface area (Å²) < 4.78 is 15.4. The van der Waals surface area contributed by atoms with Crippen LogP contribution in [0.25, 0.3) is 6.08 Å². The minimum Gasteiger partial charge on any atom is -0.462 e. The Bertz CT molecular complexity index is 1480. The molecule has 0 atom stereocenters. The number of benzene rings is 3. The third kappa shape index (κ3) is 7.64. The van der Waals surface area contributed by atoms with Crippen LogP contribution in [0.1, 0.15) is 61.6 Å². The number of nitrogen functional groups attached to an aromatic ring is 1. The van der Waals surface area contributed by atoms with Gasteiger partial charge in [0.2, 0.25) is 5.91 Å². The lowest BCUT2D eigenvalue weighted by Crippen LogP contribution is -2.15. The Balaban J connectivity index is 1.71. The maximum absolute atomic E-state index is 12.7. The molecule has 0 spiro atoms. The number of ether oxygens (including phenoxy) is 3. The van der Waals surface area contributed by atoms with Gasteiger partial charge in [0.05, 0.1) is 35.6 Å². The largest absolute Gasteiger partial charge is 0.462 e. The van der Waals surface area contributed by atoms with E-state index >= 15 is 0 Å². The van der Waals surface area contributed by atoms with Crippen molar-refractivity contribution in [3.63, 3.8) is 0 Å². The average molecular weight is 544 g/mol. The molecule has 0 heterocycles. The molecule has 206 valence electrons. The van der Waals surface area contributed by atoms with E-state index in [0.29, 0.717) is 22.4 Å². The molecule has 1 amide bonds. The van der Waals surface area contributed by atoms with E-state index in [4.69, 9.17) is 25.4 Å². The fraction of sp³-hybridized carbons (Fsp3) is 0.167. The highest BCUT2D eigenvalue weighted by Gasteiger charge is 2.18. The van der Waals surface area contributed by atoms with Crippen molar-refractivity contribution in [3.05, 3.63) is 100 Å². The molecule has 10 heteroatoms. The van der Waals surface area contributed by atoms with E-state index in [1.54, 1.807) is 69.3 Å². The average Bonchev–Trinajstić information content (AvgIpc) is 2.93. The van der Waals surface area contributed by atoms with Crippen molar-refractivity contribution < 1.29 is 33.4 Å². The first-order valence-electron chi connectivity index (χ1n) is 12.4. The molecule has 0 unspecified atom stereocenters. The van der Waals surface area contributed by atoms with Gasteiger partial charge in [-0.3, -0.25) is 10.2 Å². The Kier molecular flexibility index (Phi) is 9.90. The lowest BCUT2D eigenvalue weighted by atomic mass is 10.0. The second-order valence-corrected chi connectivity index (χ2v) is 8.42. The normalized spacial score (nSPS) is 10.6. The number of esters is 3. The first kappa shape index (κ1) is 29.3. The molecule has 0 aromatic heterocycles. The van der Waals surface area contributed by atoms with Gasteiger partial charge < -0.3 is 25.3 Å². The summed E-state index contributed by atoms with van der Waals surface area (Å²) in [5, 5.41) is 10.1. The van der Waals surface area contributed by atoms with Crippen LogP contribution in [-0.4, -0.2) is 42.9 Å². The molecule has 3 aromatic carbocycles. The van der Waals surface area contributed by atoms with Gasteiger partial charge in [-0.25, -0.2) is 14.4 Å². The van der Waals surface area contributed by atoms with Gasteiger partial charge in [-0.1, -0.05) is 6.07 Å². The zero-order valence-electron chi connectivity index (χ0n) is 22.3. The molecule has 0 aliphatic rings. The Labute approximate surface area is 231 Å². The lowest BCUT2D eigenvalue weighted by Gasteiger charge is -2.11. The third-order valence-corrected chi connectivity index (χ3v) is 5.58. The topological polar surface area (TPSA) is 158 Å². The van der Waals surface area contributed by atoms with Crippen LogP contribution in [0.5, 0.6) is 5.75 Å². The number of carbonyl (C=O) groups excluding carboxylic acids is 4. The maximum atomic E-state index is 12.7. The molecule has 0 radical (unpaired) electrons. The lowest BCUT2D eigenvalue weighted by molar-refractivity contribution is -0.111.